The number of hydrogen-bond donors (Lipinski definition) is 1. The molecule has 66 valence electrons. The molecule has 0 rings (SSSR count). The van der Waals surface area contributed by atoms with Gasteiger partial charge in [-0.05, 0) is 0 Å². The number of amides is 1. The second-order valence-electron chi connectivity index (χ2n) is 1.50. The number of primary amides is 1. The lowest BCUT2D eigenvalue weighted by molar-refractivity contribution is 0.164. The number of alkyl halides is 1. The van der Waals surface area contributed by atoms with Crippen LogP contribution in [-0.4, -0.2) is 29.5 Å². The van der Waals surface area contributed by atoms with Gasteiger partial charge in [-0.25, -0.2) is 4.79 Å². The molecular weight excluding hydrogens is 250 g/mol. The fraction of sp³-hybridized carbons (Fsp3) is 0.800. The van der Waals surface area contributed by atoms with E-state index in [2.05, 4.69) is 20.7 Å². The highest BCUT2D eigenvalue weighted by molar-refractivity contribution is 9.09. The minimum Gasteiger partial charge on any atom is -0.449 e. The van der Waals surface area contributed by atoms with E-state index in [1.807, 2.05) is 0 Å². The van der Waals surface area contributed by atoms with Gasteiger partial charge in [-0.3, -0.25) is 0 Å². The summed E-state index contributed by atoms with van der Waals surface area (Å²) < 4.78 is 4.52. The maximum atomic E-state index is 10.1. The molecule has 11 heavy (non-hydrogen) atoms. The molecule has 0 heterocycles. The van der Waals surface area contributed by atoms with Crippen LogP contribution in [0.4, 0.5) is 4.79 Å². The molecule has 3 nitrogen and oxygen atoms in total. The van der Waals surface area contributed by atoms with E-state index in [-0.39, 0.29) is 0 Å². The topological polar surface area (TPSA) is 52.3 Å². The maximum Gasteiger partial charge on any atom is 0.404 e. The smallest absolute Gasteiger partial charge is 0.404 e. The van der Waals surface area contributed by atoms with Crippen LogP contribution in [0.25, 0.3) is 0 Å². The van der Waals surface area contributed by atoms with Gasteiger partial charge in [0.15, 0.2) is 0 Å². The molecule has 0 aromatic heterocycles. The summed E-state index contributed by atoms with van der Waals surface area (Å²) in [6.07, 6.45) is -0.698. The third kappa shape index (κ3) is 10.4. The standard InChI is InChI=1S/C5H10BrNO2S2/c6-1-3-10-11-4-2-9-5(7)8/h1-4H2,(H2,7,8). The Balaban J connectivity index is 2.85. The van der Waals surface area contributed by atoms with Crippen molar-refractivity contribution in [3.05, 3.63) is 0 Å². The Kier molecular flexibility index (Phi) is 8.90. The van der Waals surface area contributed by atoms with Crippen LogP contribution in [0.3, 0.4) is 0 Å². The maximum absolute atomic E-state index is 10.1. The molecule has 0 aromatic rings. The van der Waals surface area contributed by atoms with Gasteiger partial charge in [0.05, 0.1) is 0 Å². The lowest BCUT2D eigenvalue weighted by atomic mass is 10.9. The lowest BCUT2D eigenvalue weighted by Gasteiger charge is -1.99. The van der Waals surface area contributed by atoms with Crippen LogP contribution < -0.4 is 5.73 Å². The van der Waals surface area contributed by atoms with Crippen LogP contribution in [0.5, 0.6) is 0 Å². The highest BCUT2D eigenvalue weighted by Crippen LogP contribution is 2.20. The first-order chi connectivity index (χ1) is 5.27. The summed E-state index contributed by atoms with van der Waals surface area (Å²) in [5.74, 6) is 1.85. The summed E-state index contributed by atoms with van der Waals surface area (Å²) in [5, 5.41) is 0.987. The van der Waals surface area contributed by atoms with Gasteiger partial charge < -0.3 is 10.5 Å². The molecule has 6 heteroatoms. The van der Waals surface area contributed by atoms with Gasteiger partial charge in [0.2, 0.25) is 0 Å². The van der Waals surface area contributed by atoms with Crippen LogP contribution in [0.15, 0.2) is 0 Å². The first-order valence-corrected chi connectivity index (χ1v) is 6.61. The van der Waals surface area contributed by atoms with E-state index in [9.17, 15) is 4.79 Å². The summed E-state index contributed by atoms with van der Waals surface area (Å²) in [6.45, 7) is 0.398. The average Bonchev–Trinajstić information content (AvgIpc) is 1.96. The van der Waals surface area contributed by atoms with Crippen molar-refractivity contribution >= 4 is 43.6 Å². The number of hydrogen-bond acceptors (Lipinski definition) is 4. The van der Waals surface area contributed by atoms with E-state index < -0.39 is 6.09 Å². The van der Waals surface area contributed by atoms with Crippen molar-refractivity contribution < 1.29 is 9.53 Å². The zero-order valence-electron chi connectivity index (χ0n) is 5.92. The Morgan fingerprint density at radius 2 is 2.09 bits per heavy atom. The zero-order valence-corrected chi connectivity index (χ0v) is 9.14. The summed E-state index contributed by atoms with van der Waals surface area (Å²) in [7, 11) is 3.42. The molecule has 0 spiro atoms. The number of ether oxygens (including phenoxy) is 1. The molecule has 0 saturated heterocycles. The fourth-order valence-electron chi connectivity index (χ4n) is 0.326. The molecule has 0 aliphatic rings. The van der Waals surface area contributed by atoms with E-state index in [1.165, 1.54) is 0 Å². The molecular formula is C5H10BrNO2S2. The molecule has 0 aliphatic heterocycles. The van der Waals surface area contributed by atoms with E-state index in [1.54, 1.807) is 21.6 Å². The molecule has 1 amide bonds. The number of nitrogens with two attached hydrogens (primary N) is 1. The summed E-state index contributed by atoms with van der Waals surface area (Å²) in [6, 6.07) is 0. The van der Waals surface area contributed by atoms with Crippen molar-refractivity contribution in [1.82, 2.24) is 0 Å². The Labute approximate surface area is 82.3 Å². The van der Waals surface area contributed by atoms with E-state index in [0.717, 1.165) is 16.8 Å². The Bertz CT molecular complexity index is 115. The molecule has 0 bridgehead atoms. The normalized spacial score (nSPS) is 9.55. The SMILES string of the molecule is NC(=O)OCCSSCCBr. The van der Waals surface area contributed by atoms with Crippen LogP contribution in [0.2, 0.25) is 0 Å². The van der Waals surface area contributed by atoms with Gasteiger partial charge in [0.25, 0.3) is 0 Å². The predicted octanol–water partition coefficient (Wildman–Crippen LogP) is 1.86. The van der Waals surface area contributed by atoms with Gasteiger partial charge in [0.1, 0.15) is 6.61 Å². The van der Waals surface area contributed by atoms with Gasteiger partial charge in [-0.15, -0.1) is 0 Å². The number of carbonyl (C=O) groups is 1. The van der Waals surface area contributed by atoms with Crippen LogP contribution in [0, 0.1) is 0 Å². The largest absolute Gasteiger partial charge is 0.449 e. The van der Waals surface area contributed by atoms with E-state index >= 15 is 0 Å². The fourth-order valence-corrected chi connectivity index (χ4v) is 3.07. The molecule has 0 fully saturated rings. The molecule has 0 unspecified atom stereocenters. The molecule has 0 atom stereocenters. The summed E-state index contributed by atoms with van der Waals surface area (Å²) in [4.78, 5) is 10.1. The summed E-state index contributed by atoms with van der Waals surface area (Å²) in [5.41, 5.74) is 4.75. The summed E-state index contributed by atoms with van der Waals surface area (Å²) >= 11 is 3.30. The Hall–Kier alpha value is 0.450. The van der Waals surface area contributed by atoms with Gasteiger partial charge >= 0.3 is 6.09 Å². The monoisotopic (exact) mass is 259 g/mol. The quantitative estimate of drug-likeness (QED) is 0.450. The van der Waals surface area contributed by atoms with Crippen molar-refractivity contribution in [2.24, 2.45) is 5.73 Å². The van der Waals surface area contributed by atoms with Crippen molar-refractivity contribution in [3.8, 4) is 0 Å². The number of rotatable bonds is 6. The van der Waals surface area contributed by atoms with Gasteiger partial charge in [0, 0.05) is 16.8 Å². The molecule has 0 aromatic carbocycles. The van der Waals surface area contributed by atoms with Crippen molar-refractivity contribution in [1.29, 1.82) is 0 Å². The third-order valence-electron chi connectivity index (χ3n) is 0.655. The minimum absolute atomic E-state index is 0.398. The first kappa shape index (κ1) is 11.4. The Morgan fingerprint density at radius 3 is 2.64 bits per heavy atom. The number of halogens is 1. The van der Waals surface area contributed by atoms with Crippen LogP contribution in [0.1, 0.15) is 0 Å². The van der Waals surface area contributed by atoms with Gasteiger partial charge in [-0.1, -0.05) is 37.5 Å². The molecule has 2 N–H and O–H groups in total. The zero-order chi connectivity index (χ0) is 8.53. The predicted molar refractivity (Wildman–Crippen MR) is 54.2 cm³/mol. The highest BCUT2D eigenvalue weighted by Gasteiger charge is 1.93. The molecule has 0 aliphatic carbocycles. The Morgan fingerprint density at radius 1 is 1.45 bits per heavy atom. The molecule has 0 saturated carbocycles. The first-order valence-electron chi connectivity index (χ1n) is 3.00. The van der Waals surface area contributed by atoms with Crippen LogP contribution >= 0.6 is 37.5 Å². The molecule has 0 radical (unpaired) electrons. The third-order valence-corrected chi connectivity index (χ3v) is 3.95. The highest BCUT2D eigenvalue weighted by atomic mass is 79.9. The van der Waals surface area contributed by atoms with Crippen molar-refractivity contribution in [3.63, 3.8) is 0 Å². The van der Waals surface area contributed by atoms with Gasteiger partial charge in [-0.2, -0.15) is 0 Å². The second kappa shape index (κ2) is 8.55. The van der Waals surface area contributed by atoms with E-state index in [4.69, 9.17) is 5.73 Å². The number of carbonyl (C=O) groups excluding carboxylic acids is 1. The van der Waals surface area contributed by atoms with Crippen molar-refractivity contribution in [2.45, 2.75) is 0 Å². The minimum atomic E-state index is -0.698. The van der Waals surface area contributed by atoms with Crippen molar-refractivity contribution in [2.75, 3.05) is 23.4 Å². The lowest BCUT2D eigenvalue weighted by Crippen LogP contribution is -2.14. The average molecular weight is 260 g/mol. The van der Waals surface area contributed by atoms with E-state index in [0.29, 0.717) is 6.61 Å². The second-order valence-corrected chi connectivity index (χ2v) is 5.00. The van der Waals surface area contributed by atoms with Crippen LogP contribution in [-0.2, 0) is 4.74 Å².